The number of nitrogens with zero attached hydrogens (tertiary/aromatic N) is 1. The van der Waals surface area contributed by atoms with Gasteiger partial charge in [0.2, 0.25) is 5.91 Å². The lowest BCUT2D eigenvalue weighted by Crippen LogP contribution is -2.48. The van der Waals surface area contributed by atoms with E-state index in [0.29, 0.717) is 24.1 Å². The highest BCUT2D eigenvalue weighted by atomic mass is 16.2. The number of imide groups is 1. The fraction of sp³-hybridized carbons (Fsp3) is 0.211. The van der Waals surface area contributed by atoms with Crippen LogP contribution < -0.4 is 5.32 Å². The normalized spacial score (nSPS) is 14.5. The second kappa shape index (κ2) is 6.66. The maximum Gasteiger partial charge on any atom is 0.262 e. The molecule has 0 aliphatic carbocycles. The molecule has 5 nitrogen and oxygen atoms in total. The molecule has 24 heavy (non-hydrogen) atoms. The van der Waals surface area contributed by atoms with Gasteiger partial charge >= 0.3 is 0 Å². The number of nitrogens with one attached hydrogen (secondary N) is 1. The third kappa shape index (κ3) is 2.93. The molecule has 1 atom stereocenters. The lowest BCUT2D eigenvalue weighted by atomic mass is 10.1. The van der Waals surface area contributed by atoms with Gasteiger partial charge in [-0.15, -0.1) is 0 Å². The first kappa shape index (κ1) is 15.9. The third-order valence-electron chi connectivity index (χ3n) is 4.15. The van der Waals surface area contributed by atoms with Crippen molar-refractivity contribution >= 4 is 17.7 Å². The number of rotatable bonds is 5. The molecule has 0 fully saturated rings. The highest BCUT2D eigenvalue weighted by Gasteiger charge is 2.40. The van der Waals surface area contributed by atoms with Crippen molar-refractivity contribution in [1.29, 1.82) is 0 Å². The van der Waals surface area contributed by atoms with Crippen molar-refractivity contribution in [3.8, 4) is 0 Å². The standard InChI is InChI=1S/C19H18N2O3/c1-13(17(22)20-12-11-14-7-3-2-4-8-14)21-18(23)15-9-5-6-10-16(15)19(21)24/h2-10,13H,11-12H2,1H3,(H,20,22)/t13-/m0/s1. The molecule has 3 amide bonds. The molecule has 2 aromatic rings. The molecule has 122 valence electrons. The van der Waals surface area contributed by atoms with Crippen LogP contribution in [0.15, 0.2) is 54.6 Å². The summed E-state index contributed by atoms with van der Waals surface area (Å²) in [5.74, 6) is -1.16. The van der Waals surface area contributed by atoms with Crippen molar-refractivity contribution in [3.63, 3.8) is 0 Å². The molecule has 0 saturated heterocycles. The van der Waals surface area contributed by atoms with E-state index in [1.54, 1.807) is 31.2 Å². The van der Waals surface area contributed by atoms with Crippen molar-refractivity contribution in [3.05, 3.63) is 71.3 Å². The summed E-state index contributed by atoms with van der Waals surface area (Å²) in [6.07, 6.45) is 0.696. The van der Waals surface area contributed by atoms with Crippen molar-refractivity contribution in [2.75, 3.05) is 6.54 Å². The van der Waals surface area contributed by atoms with E-state index >= 15 is 0 Å². The number of hydrogen-bond acceptors (Lipinski definition) is 3. The summed E-state index contributed by atoms with van der Waals surface area (Å²) in [5.41, 5.74) is 1.82. The molecule has 0 saturated carbocycles. The molecule has 0 spiro atoms. The van der Waals surface area contributed by atoms with E-state index in [-0.39, 0.29) is 5.91 Å². The topological polar surface area (TPSA) is 66.5 Å². The van der Waals surface area contributed by atoms with E-state index in [4.69, 9.17) is 0 Å². The SMILES string of the molecule is C[C@@H](C(=O)NCCc1ccccc1)N1C(=O)c2ccccc2C1=O. The van der Waals surface area contributed by atoms with Crippen LogP contribution in [-0.2, 0) is 11.2 Å². The van der Waals surface area contributed by atoms with E-state index in [1.165, 1.54) is 0 Å². The van der Waals surface area contributed by atoms with Crippen LogP contribution in [0.3, 0.4) is 0 Å². The Kier molecular flexibility index (Phi) is 4.42. The van der Waals surface area contributed by atoms with Gasteiger partial charge in [-0.2, -0.15) is 0 Å². The molecule has 0 bridgehead atoms. The number of carbonyl (C=O) groups excluding carboxylic acids is 3. The highest BCUT2D eigenvalue weighted by molar-refractivity contribution is 6.22. The van der Waals surface area contributed by atoms with Crippen LogP contribution in [0.1, 0.15) is 33.2 Å². The van der Waals surface area contributed by atoms with E-state index in [1.807, 2.05) is 30.3 Å². The Morgan fingerprint density at radius 1 is 0.958 bits per heavy atom. The maximum absolute atomic E-state index is 12.4. The second-order valence-corrected chi connectivity index (χ2v) is 5.73. The smallest absolute Gasteiger partial charge is 0.262 e. The van der Waals surface area contributed by atoms with Crippen molar-refractivity contribution in [2.24, 2.45) is 0 Å². The van der Waals surface area contributed by atoms with Gasteiger partial charge in [-0.25, -0.2) is 0 Å². The molecule has 3 rings (SSSR count). The number of hydrogen-bond donors (Lipinski definition) is 1. The first-order valence-electron chi connectivity index (χ1n) is 7.88. The number of fused-ring (bicyclic) bond motifs is 1. The summed E-state index contributed by atoms with van der Waals surface area (Å²) < 4.78 is 0. The van der Waals surface area contributed by atoms with Gasteiger partial charge < -0.3 is 5.32 Å². The molecule has 0 unspecified atom stereocenters. The number of benzene rings is 2. The van der Waals surface area contributed by atoms with Gasteiger partial charge in [0.05, 0.1) is 11.1 Å². The van der Waals surface area contributed by atoms with Crippen LogP contribution in [0, 0.1) is 0 Å². The molecular weight excluding hydrogens is 304 g/mol. The summed E-state index contributed by atoms with van der Waals surface area (Å²) in [4.78, 5) is 38.1. The van der Waals surface area contributed by atoms with Crippen LogP contribution in [-0.4, -0.2) is 35.2 Å². The van der Waals surface area contributed by atoms with Gasteiger partial charge in [0.15, 0.2) is 0 Å². The zero-order valence-electron chi connectivity index (χ0n) is 13.4. The molecule has 1 aliphatic heterocycles. The summed E-state index contributed by atoms with van der Waals surface area (Å²) in [6.45, 7) is 2.02. The first-order chi connectivity index (χ1) is 11.6. The van der Waals surface area contributed by atoms with Gasteiger partial charge in [-0.1, -0.05) is 42.5 Å². The van der Waals surface area contributed by atoms with Crippen LogP contribution in [0.5, 0.6) is 0 Å². The molecule has 1 N–H and O–H groups in total. The largest absolute Gasteiger partial charge is 0.354 e. The van der Waals surface area contributed by atoms with Crippen LogP contribution in [0.25, 0.3) is 0 Å². The Hall–Kier alpha value is -2.95. The first-order valence-corrected chi connectivity index (χ1v) is 7.88. The molecule has 1 aliphatic rings. The third-order valence-corrected chi connectivity index (χ3v) is 4.15. The summed E-state index contributed by atoms with van der Waals surface area (Å²) in [7, 11) is 0. The molecule has 5 heteroatoms. The average Bonchev–Trinajstić information content (AvgIpc) is 2.86. The quantitative estimate of drug-likeness (QED) is 0.857. The van der Waals surface area contributed by atoms with Gasteiger partial charge in [-0.3, -0.25) is 19.3 Å². The highest BCUT2D eigenvalue weighted by Crippen LogP contribution is 2.24. The Morgan fingerprint density at radius 2 is 1.50 bits per heavy atom. The zero-order chi connectivity index (χ0) is 17.1. The van der Waals surface area contributed by atoms with Gasteiger partial charge in [0, 0.05) is 6.54 Å². The lowest BCUT2D eigenvalue weighted by Gasteiger charge is -2.21. The van der Waals surface area contributed by atoms with E-state index in [2.05, 4.69) is 5.32 Å². The lowest BCUT2D eigenvalue weighted by molar-refractivity contribution is -0.124. The number of amides is 3. The predicted octanol–water partition coefficient (Wildman–Crippen LogP) is 2.03. The summed E-state index contributed by atoms with van der Waals surface area (Å²) in [6, 6.07) is 15.6. The van der Waals surface area contributed by atoms with E-state index < -0.39 is 17.9 Å². The minimum Gasteiger partial charge on any atom is -0.354 e. The predicted molar refractivity (Wildman–Crippen MR) is 89.6 cm³/mol. The summed E-state index contributed by atoms with van der Waals surface area (Å²) >= 11 is 0. The summed E-state index contributed by atoms with van der Waals surface area (Å²) in [5, 5.41) is 2.79. The monoisotopic (exact) mass is 322 g/mol. The minimum absolute atomic E-state index is 0.333. The fourth-order valence-electron chi connectivity index (χ4n) is 2.80. The Bertz CT molecular complexity index is 751. The van der Waals surface area contributed by atoms with E-state index in [0.717, 1.165) is 10.5 Å². The van der Waals surface area contributed by atoms with Crippen molar-refractivity contribution < 1.29 is 14.4 Å². The van der Waals surface area contributed by atoms with Gasteiger partial charge in [-0.05, 0) is 31.0 Å². The minimum atomic E-state index is -0.840. The molecular formula is C19H18N2O3. The number of carbonyl (C=O) groups is 3. The second-order valence-electron chi connectivity index (χ2n) is 5.73. The maximum atomic E-state index is 12.4. The molecule has 1 heterocycles. The van der Waals surface area contributed by atoms with Gasteiger partial charge in [0.25, 0.3) is 11.8 Å². The molecule has 0 radical (unpaired) electrons. The van der Waals surface area contributed by atoms with Crippen LogP contribution >= 0.6 is 0 Å². The fourth-order valence-corrected chi connectivity index (χ4v) is 2.80. The van der Waals surface area contributed by atoms with Crippen molar-refractivity contribution in [2.45, 2.75) is 19.4 Å². The molecule has 0 aromatic heterocycles. The Labute approximate surface area is 140 Å². The Balaban J connectivity index is 1.62. The van der Waals surface area contributed by atoms with E-state index in [9.17, 15) is 14.4 Å². The van der Waals surface area contributed by atoms with Crippen molar-refractivity contribution in [1.82, 2.24) is 10.2 Å². The van der Waals surface area contributed by atoms with Crippen LogP contribution in [0.2, 0.25) is 0 Å². The van der Waals surface area contributed by atoms with Crippen LogP contribution in [0.4, 0.5) is 0 Å². The average molecular weight is 322 g/mol. The Morgan fingerprint density at radius 3 is 2.08 bits per heavy atom. The molecule has 2 aromatic carbocycles. The zero-order valence-corrected chi connectivity index (χ0v) is 13.4. The van der Waals surface area contributed by atoms with Gasteiger partial charge in [0.1, 0.15) is 6.04 Å².